The topological polar surface area (TPSA) is 67.9 Å². The van der Waals surface area contributed by atoms with Crippen molar-refractivity contribution in [2.45, 2.75) is 45.0 Å². The van der Waals surface area contributed by atoms with Crippen LogP contribution in [0.4, 0.5) is 0 Å². The summed E-state index contributed by atoms with van der Waals surface area (Å²) in [6.45, 7) is 6.70. The number of carbonyl (C=O) groups excluding carboxylic acids is 2. The molecular weight excluding hydrogens is 364 g/mol. The normalized spacial score (nSPS) is 19.3. The maximum absolute atomic E-state index is 12.7. The number of rotatable bonds is 8. The summed E-state index contributed by atoms with van der Waals surface area (Å²) in [7, 11) is 3.18. The van der Waals surface area contributed by atoms with Gasteiger partial charge in [-0.3, -0.25) is 9.59 Å². The Kier molecular flexibility index (Phi) is 7.83. The number of carbonyl (C=O) groups is 2. The lowest BCUT2D eigenvalue weighted by atomic mass is 10.1. The van der Waals surface area contributed by atoms with E-state index in [1.54, 1.807) is 30.9 Å². The molecule has 7 heteroatoms. The Balaban J connectivity index is 2.22. The van der Waals surface area contributed by atoms with Crippen molar-refractivity contribution in [3.63, 3.8) is 0 Å². The van der Waals surface area contributed by atoms with E-state index in [9.17, 15) is 9.59 Å². The number of hydrogen-bond acceptors (Lipinski definition) is 5. The standard InChI is InChI=1S/C20H30N2O4S/c1-6-18(23)22-15(19(24)21-10-9-13(2)3)12-27-20(22)14-7-8-16(25-4)17(11-14)26-5/h7-8,11,13,15,20H,6,9-10,12H2,1-5H3,(H,21,24). The van der Waals surface area contributed by atoms with Crippen molar-refractivity contribution < 1.29 is 19.1 Å². The van der Waals surface area contributed by atoms with Crippen LogP contribution in [-0.4, -0.2) is 49.3 Å². The highest BCUT2D eigenvalue weighted by molar-refractivity contribution is 7.99. The molecule has 2 unspecified atom stereocenters. The van der Waals surface area contributed by atoms with Gasteiger partial charge in [0.1, 0.15) is 11.4 Å². The number of nitrogens with zero attached hydrogens (tertiary/aromatic N) is 1. The lowest BCUT2D eigenvalue weighted by Gasteiger charge is -2.29. The van der Waals surface area contributed by atoms with Gasteiger partial charge in [0.15, 0.2) is 11.5 Å². The van der Waals surface area contributed by atoms with Crippen molar-refractivity contribution >= 4 is 23.6 Å². The minimum absolute atomic E-state index is 0.0243. The maximum Gasteiger partial charge on any atom is 0.243 e. The summed E-state index contributed by atoms with van der Waals surface area (Å²) in [5.41, 5.74) is 0.928. The molecule has 27 heavy (non-hydrogen) atoms. The Bertz CT molecular complexity index is 665. The van der Waals surface area contributed by atoms with Gasteiger partial charge >= 0.3 is 0 Å². The van der Waals surface area contributed by atoms with Gasteiger partial charge in [0.25, 0.3) is 0 Å². The van der Waals surface area contributed by atoms with Gasteiger partial charge in [-0.05, 0) is 30.0 Å². The van der Waals surface area contributed by atoms with Crippen molar-refractivity contribution in [3.05, 3.63) is 23.8 Å². The SMILES string of the molecule is CCC(=O)N1C(C(=O)NCCC(C)C)CSC1c1ccc(OC)c(OC)c1. The number of benzene rings is 1. The molecule has 1 aliphatic rings. The molecule has 0 saturated carbocycles. The van der Waals surface area contributed by atoms with E-state index in [0.717, 1.165) is 12.0 Å². The third kappa shape index (κ3) is 5.09. The molecule has 0 spiro atoms. The van der Waals surface area contributed by atoms with Gasteiger partial charge in [-0.25, -0.2) is 0 Å². The van der Waals surface area contributed by atoms with Crippen LogP contribution in [-0.2, 0) is 9.59 Å². The van der Waals surface area contributed by atoms with Crippen molar-refractivity contribution in [3.8, 4) is 11.5 Å². The molecule has 2 rings (SSSR count). The third-order valence-corrected chi connectivity index (χ3v) is 5.93. The summed E-state index contributed by atoms with van der Waals surface area (Å²) in [6.07, 6.45) is 1.28. The van der Waals surface area contributed by atoms with E-state index >= 15 is 0 Å². The molecule has 1 aliphatic heterocycles. The minimum atomic E-state index is -0.451. The first kappa shape index (κ1) is 21.4. The minimum Gasteiger partial charge on any atom is -0.493 e. The predicted octanol–water partition coefficient (Wildman–Crippen LogP) is 3.22. The van der Waals surface area contributed by atoms with Crippen LogP contribution in [0.3, 0.4) is 0 Å². The summed E-state index contributed by atoms with van der Waals surface area (Å²) in [4.78, 5) is 27.1. The fourth-order valence-corrected chi connectivity index (χ4v) is 4.50. The van der Waals surface area contributed by atoms with Gasteiger partial charge in [-0.1, -0.05) is 26.8 Å². The Morgan fingerprint density at radius 3 is 2.56 bits per heavy atom. The van der Waals surface area contributed by atoms with E-state index in [-0.39, 0.29) is 17.2 Å². The third-order valence-electron chi connectivity index (χ3n) is 4.61. The summed E-state index contributed by atoms with van der Waals surface area (Å²) >= 11 is 1.60. The van der Waals surface area contributed by atoms with E-state index in [1.807, 2.05) is 25.1 Å². The van der Waals surface area contributed by atoms with Crippen LogP contribution >= 0.6 is 11.8 Å². The van der Waals surface area contributed by atoms with Gasteiger partial charge in [-0.2, -0.15) is 0 Å². The van der Waals surface area contributed by atoms with Gasteiger partial charge in [0.05, 0.1) is 14.2 Å². The highest BCUT2D eigenvalue weighted by Crippen LogP contribution is 2.44. The van der Waals surface area contributed by atoms with Crippen LogP contribution in [0, 0.1) is 5.92 Å². The molecule has 0 aliphatic carbocycles. The number of ether oxygens (including phenoxy) is 2. The highest BCUT2D eigenvalue weighted by atomic mass is 32.2. The van der Waals surface area contributed by atoms with Crippen molar-refractivity contribution in [1.82, 2.24) is 10.2 Å². The number of hydrogen-bond donors (Lipinski definition) is 1. The maximum atomic E-state index is 12.7. The predicted molar refractivity (Wildman–Crippen MR) is 108 cm³/mol. The zero-order valence-electron chi connectivity index (χ0n) is 16.8. The molecule has 0 radical (unpaired) electrons. The lowest BCUT2D eigenvalue weighted by Crippen LogP contribution is -2.48. The summed E-state index contributed by atoms with van der Waals surface area (Å²) in [5, 5.41) is 2.78. The molecular formula is C20H30N2O4S. The molecule has 1 heterocycles. The van der Waals surface area contributed by atoms with Crippen LogP contribution in [0.15, 0.2) is 18.2 Å². The molecule has 150 valence electrons. The van der Waals surface area contributed by atoms with Crippen LogP contribution in [0.1, 0.15) is 44.6 Å². The molecule has 6 nitrogen and oxygen atoms in total. The fraction of sp³-hybridized carbons (Fsp3) is 0.600. The first-order chi connectivity index (χ1) is 12.9. The van der Waals surface area contributed by atoms with Crippen LogP contribution in [0.5, 0.6) is 11.5 Å². The molecule has 1 aromatic carbocycles. The Hall–Kier alpha value is -1.89. The molecule has 1 fully saturated rings. The second kappa shape index (κ2) is 9.88. The molecule has 1 N–H and O–H groups in total. The lowest BCUT2D eigenvalue weighted by molar-refractivity contribution is -0.139. The monoisotopic (exact) mass is 394 g/mol. The van der Waals surface area contributed by atoms with Gasteiger partial charge in [0, 0.05) is 18.7 Å². The van der Waals surface area contributed by atoms with Crippen molar-refractivity contribution in [2.75, 3.05) is 26.5 Å². The van der Waals surface area contributed by atoms with Crippen molar-refractivity contribution in [2.24, 2.45) is 5.92 Å². The number of nitrogens with one attached hydrogen (secondary N) is 1. The number of thioether (sulfide) groups is 1. The van der Waals surface area contributed by atoms with E-state index in [1.165, 1.54) is 0 Å². The quantitative estimate of drug-likeness (QED) is 0.733. The Morgan fingerprint density at radius 2 is 1.96 bits per heavy atom. The van der Waals surface area contributed by atoms with Crippen LogP contribution in [0.2, 0.25) is 0 Å². The largest absolute Gasteiger partial charge is 0.493 e. The number of amides is 2. The number of methoxy groups -OCH3 is 2. The zero-order chi connectivity index (χ0) is 20.0. The summed E-state index contributed by atoms with van der Waals surface area (Å²) < 4.78 is 10.7. The van der Waals surface area contributed by atoms with Crippen LogP contribution < -0.4 is 14.8 Å². The molecule has 1 saturated heterocycles. The van der Waals surface area contributed by atoms with E-state index < -0.39 is 6.04 Å². The Morgan fingerprint density at radius 1 is 1.26 bits per heavy atom. The van der Waals surface area contributed by atoms with E-state index in [4.69, 9.17) is 9.47 Å². The molecule has 0 aromatic heterocycles. The Labute approximate surface area is 166 Å². The molecule has 2 amide bonds. The van der Waals surface area contributed by atoms with Gasteiger partial charge < -0.3 is 19.7 Å². The molecule has 0 bridgehead atoms. The van der Waals surface area contributed by atoms with Gasteiger partial charge in [-0.15, -0.1) is 11.8 Å². The average Bonchev–Trinajstić information content (AvgIpc) is 3.11. The zero-order valence-corrected chi connectivity index (χ0v) is 17.6. The molecule has 1 aromatic rings. The van der Waals surface area contributed by atoms with Crippen molar-refractivity contribution in [1.29, 1.82) is 0 Å². The molecule has 2 atom stereocenters. The first-order valence-corrected chi connectivity index (χ1v) is 10.4. The van der Waals surface area contributed by atoms with E-state index in [2.05, 4.69) is 19.2 Å². The van der Waals surface area contributed by atoms with Crippen LogP contribution in [0.25, 0.3) is 0 Å². The summed E-state index contributed by atoms with van der Waals surface area (Å²) in [5.74, 6) is 2.26. The summed E-state index contributed by atoms with van der Waals surface area (Å²) in [6, 6.07) is 5.19. The second-order valence-electron chi connectivity index (χ2n) is 6.94. The highest BCUT2D eigenvalue weighted by Gasteiger charge is 2.41. The fourth-order valence-electron chi connectivity index (χ4n) is 3.06. The second-order valence-corrected chi connectivity index (χ2v) is 8.06. The first-order valence-electron chi connectivity index (χ1n) is 9.35. The van der Waals surface area contributed by atoms with Gasteiger partial charge in [0.2, 0.25) is 11.8 Å². The van der Waals surface area contributed by atoms with E-state index in [0.29, 0.717) is 36.1 Å². The smallest absolute Gasteiger partial charge is 0.243 e. The average molecular weight is 395 g/mol.